The van der Waals surface area contributed by atoms with Gasteiger partial charge in [0, 0.05) is 14.2 Å². The van der Waals surface area contributed by atoms with E-state index in [1.165, 1.54) is 14.2 Å². The number of carbonyl (C=O) groups is 1. The van der Waals surface area contributed by atoms with Gasteiger partial charge in [-0.1, -0.05) is 47.6 Å². The van der Waals surface area contributed by atoms with Crippen LogP contribution in [0, 0.1) is 6.92 Å². The van der Waals surface area contributed by atoms with Crippen molar-refractivity contribution < 1.29 is 14.3 Å². The van der Waals surface area contributed by atoms with Gasteiger partial charge in [-0.25, -0.2) is 4.31 Å². The van der Waals surface area contributed by atoms with Crippen LogP contribution < -0.4 is 0 Å². The van der Waals surface area contributed by atoms with Gasteiger partial charge in [-0.2, -0.15) is 0 Å². The Labute approximate surface area is 131 Å². The predicted molar refractivity (Wildman–Crippen MR) is 77.1 cm³/mol. The molecular formula is C11H10Cl3NO3S. The van der Waals surface area contributed by atoms with Crippen molar-refractivity contribution in [1.29, 1.82) is 0 Å². The van der Waals surface area contributed by atoms with Gasteiger partial charge in [0.25, 0.3) is 11.8 Å². The van der Waals surface area contributed by atoms with Crippen LogP contribution in [0.2, 0.25) is 15.1 Å². The van der Waals surface area contributed by atoms with Crippen molar-refractivity contribution >= 4 is 53.5 Å². The summed E-state index contributed by atoms with van der Waals surface area (Å²) in [7, 11) is 2.74. The monoisotopic (exact) mass is 341 g/mol. The fourth-order valence-electron chi connectivity index (χ4n) is 2.08. The molecule has 0 saturated carbocycles. The molecule has 1 aliphatic heterocycles. The van der Waals surface area contributed by atoms with Crippen molar-refractivity contribution in [2.45, 2.75) is 12.8 Å². The van der Waals surface area contributed by atoms with Gasteiger partial charge in [-0.05, 0) is 12.5 Å². The summed E-state index contributed by atoms with van der Waals surface area (Å²) in [5, 5.41) is 0.622. The van der Waals surface area contributed by atoms with Gasteiger partial charge in [0.1, 0.15) is 0 Å². The molecule has 19 heavy (non-hydrogen) atoms. The number of nitrogens with zero attached hydrogens (tertiary/aromatic N) is 1. The zero-order valence-corrected chi connectivity index (χ0v) is 13.4. The number of hydrogen-bond donors (Lipinski definition) is 1. The highest BCUT2D eigenvalue weighted by Gasteiger charge is 2.54. The quantitative estimate of drug-likeness (QED) is 0.506. The minimum absolute atomic E-state index is 0.159. The number of ether oxygens (including phenoxy) is 2. The van der Waals surface area contributed by atoms with Crippen LogP contribution >= 0.6 is 47.6 Å². The molecule has 0 saturated heterocycles. The van der Waals surface area contributed by atoms with Gasteiger partial charge >= 0.3 is 0 Å². The lowest BCUT2D eigenvalue weighted by atomic mass is 10.0. The highest BCUT2D eigenvalue weighted by atomic mass is 35.5. The topological polar surface area (TPSA) is 38.8 Å². The number of hydrogen-bond acceptors (Lipinski definition) is 4. The third-order valence-corrected chi connectivity index (χ3v) is 4.96. The standard InChI is InChI=1S/C11H10Cl3NO3S/c1-4-7(12)5-6(9(14)8(4)13)11(17-2,18-3)15(19)10(5)16/h19H,1-3H3. The van der Waals surface area contributed by atoms with Crippen LogP contribution in [0.4, 0.5) is 0 Å². The third-order valence-electron chi connectivity index (χ3n) is 3.09. The van der Waals surface area contributed by atoms with Crippen molar-refractivity contribution in [2.75, 3.05) is 14.2 Å². The Morgan fingerprint density at radius 1 is 1.11 bits per heavy atom. The molecule has 1 heterocycles. The summed E-state index contributed by atoms with van der Waals surface area (Å²) in [4.78, 5) is 12.3. The summed E-state index contributed by atoms with van der Waals surface area (Å²) >= 11 is 22.6. The second-order valence-corrected chi connectivity index (χ2v) is 5.46. The molecule has 0 spiro atoms. The Morgan fingerprint density at radius 2 is 1.63 bits per heavy atom. The van der Waals surface area contributed by atoms with Gasteiger partial charge < -0.3 is 9.47 Å². The minimum Gasteiger partial charge on any atom is -0.332 e. The first-order valence-electron chi connectivity index (χ1n) is 5.14. The lowest BCUT2D eigenvalue weighted by molar-refractivity contribution is -0.258. The van der Waals surface area contributed by atoms with Gasteiger partial charge in [-0.15, -0.1) is 0 Å². The van der Waals surface area contributed by atoms with Crippen molar-refractivity contribution in [3.05, 3.63) is 31.8 Å². The van der Waals surface area contributed by atoms with Crippen molar-refractivity contribution in [2.24, 2.45) is 0 Å². The molecule has 0 aliphatic carbocycles. The molecule has 0 N–H and O–H groups in total. The van der Waals surface area contributed by atoms with Crippen LogP contribution in [0.1, 0.15) is 21.5 Å². The molecule has 0 fully saturated rings. The molecule has 0 radical (unpaired) electrons. The highest BCUT2D eigenvalue weighted by molar-refractivity contribution is 7.78. The highest BCUT2D eigenvalue weighted by Crippen LogP contribution is 2.51. The number of benzene rings is 1. The number of carbonyl (C=O) groups excluding carboxylic acids is 1. The zero-order chi connectivity index (χ0) is 14.5. The van der Waals surface area contributed by atoms with E-state index < -0.39 is 11.8 Å². The molecule has 0 aromatic heterocycles. The largest absolute Gasteiger partial charge is 0.332 e. The van der Waals surface area contributed by atoms with E-state index in [0.717, 1.165) is 4.31 Å². The molecule has 1 aromatic carbocycles. The molecule has 4 nitrogen and oxygen atoms in total. The van der Waals surface area contributed by atoms with Crippen molar-refractivity contribution in [3.8, 4) is 0 Å². The molecule has 0 bridgehead atoms. The summed E-state index contributed by atoms with van der Waals surface area (Å²) in [5.41, 5.74) is 0.970. The maximum atomic E-state index is 12.3. The Kier molecular flexibility index (Phi) is 3.99. The molecule has 2 rings (SSSR count). The van der Waals surface area contributed by atoms with Crippen LogP contribution in [-0.2, 0) is 15.4 Å². The number of halogens is 3. The summed E-state index contributed by atoms with van der Waals surface area (Å²) < 4.78 is 11.6. The van der Waals surface area contributed by atoms with Crippen molar-refractivity contribution in [1.82, 2.24) is 4.31 Å². The summed E-state index contributed by atoms with van der Waals surface area (Å²) in [6.07, 6.45) is 0. The maximum Gasteiger partial charge on any atom is 0.294 e. The van der Waals surface area contributed by atoms with E-state index in [1.54, 1.807) is 6.92 Å². The number of thiol groups is 1. The molecule has 1 amide bonds. The molecule has 1 aromatic rings. The van der Waals surface area contributed by atoms with Gasteiger partial charge in [0.15, 0.2) is 0 Å². The molecule has 0 atom stereocenters. The average Bonchev–Trinajstić information content (AvgIpc) is 2.64. The fraction of sp³-hybridized carbons (Fsp3) is 0.364. The lowest BCUT2D eigenvalue weighted by Crippen LogP contribution is -2.41. The Morgan fingerprint density at radius 3 is 2.11 bits per heavy atom. The third kappa shape index (κ3) is 1.80. The van der Waals surface area contributed by atoms with Gasteiger partial charge in [0.2, 0.25) is 0 Å². The Hall–Kier alpha value is -0.170. The number of methoxy groups -OCH3 is 2. The van der Waals surface area contributed by atoms with Gasteiger partial charge in [-0.3, -0.25) is 4.79 Å². The summed E-state index contributed by atoms with van der Waals surface area (Å²) in [5.74, 6) is -2.01. The summed E-state index contributed by atoms with van der Waals surface area (Å²) in [6.45, 7) is 1.67. The van der Waals surface area contributed by atoms with Crippen LogP contribution in [0.5, 0.6) is 0 Å². The molecule has 8 heteroatoms. The minimum atomic E-state index is -1.55. The van der Waals surface area contributed by atoms with Gasteiger partial charge in [0.05, 0.1) is 26.2 Å². The predicted octanol–water partition coefficient (Wildman–Crippen LogP) is 3.66. The second-order valence-electron chi connectivity index (χ2n) is 3.92. The van der Waals surface area contributed by atoms with E-state index in [2.05, 4.69) is 12.8 Å². The Balaban J connectivity index is 2.93. The maximum absolute atomic E-state index is 12.3. The molecule has 104 valence electrons. The molecular weight excluding hydrogens is 333 g/mol. The normalized spacial score (nSPS) is 17.0. The van der Waals surface area contributed by atoms with Crippen LogP contribution in [0.3, 0.4) is 0 Å². The van der Waals surface area contributed by atoms with Crippen molar-refractivity contribution in [3.63, 3.8) is 0 Å². The van der Waals surface area contributed by atoms with E-state index in [9.17, 15) is 4.79 Å². The van der Waals surface area contributed by atoms with Crippen LogP contribution in [0.15, 0.2) is 0 Å². The first kappa shape index (κ1) is 15.2. The van der Waals surface area contributed by atoms with E-state index in [0.29, 0.717) is 5.56 Å². The SMILES string of the molecule is COC1(OC)c2c(Cl)c(Cl)c(C)c(Cl)c2C(=O)N1S. The zero-order valence-electron chi connectivity index (χ0n) is 10.3. The second kappa shape index (κ2) is 4.98. The van der Waals surface area contributed by atoms with E-state index >= 15 is 0 Å². The smallest absolute Gasteiger partial charge is 0.294 e. The number of rotatable bonds is 2. The number of amides is 1. The number of fused-ring (bicyclic) bond motifs is 1. The van der Waals surface area contributed by atoms with E-state index in [-0.39, 0.29) is 26.2 Å². The Bertz CT molecular complexity index is 575. The first-order valence-corrected chi connectivity index (χ1v) is 6.68. The first-order chi connectivity index (χ1) is 8.83. The fourth-order valence-corrected chi connectivity index (χ4v) is 3.31. The van der Waals surface area contributed by atoms with Crippen LogP contribution in [-0.4, -0.2) is 24.4 Å². The summed E-state index contributed by atoms with van der Waals surface area (Å²) in [6, 6.07) is 0. The average molecular weight is 343 g/mol. The molecule has 0 unspecified atom stereocenters. The van der Waals surface area contributed by atoms with E-state index in [4.69, 9.17) is 44.3 Å². The van der Waals surface area contributed by atoms with Crippen LogP contribution in [0.25, 0.3) is 0 Å². The van der Waals surface area contributed by atoms with E-state index in [1.807, 2.05) is 0 Å². The lowest BCUT2D eigenvalue weighted by Gasteiger charge is -2.32. The molecule has 1 aliphatic rings.